The van der Waals surface area contributed by atoms with Gasteiger partial charge >= 0.3 is 7.82 Å². The summed E-state index contributed by atoms with van der Waals surface area (Å²) in [5, 5.41) is 10.1. The van der Waals surface area contributed by atoms with Gasteiger partial charge in [-0.25, -0.2) is 4.57 Å². The first kappa shape index (κ1) is 11.7. The first-order chi connectivity index (χ1) is 6.88. The molecule has 0 aliphatic heterocycles. The number of phosphoric acid groups is 1. The fourth-order valence-electron chi connectivity index (χ4n) is 1.06. The second kappa shape index (κ2) is 4.46. The summed E-state index contributed by atoms with van der Waals surface area (Å²) in [7, 11) is -4.64. The number of para-hydroxylation sites is 1. The third kappa shape index (κ3) is 4.14. The van der Waals surface area contributed by atoms with Crippen molar-refractivity contribution < 1.29 is 24.4 Å². The van der Waals surface area contributed by atoms with Gasteiger partial charge in [0, 0.05) is 17.1 Å². The Balaban J connectivity index is 0.000000195. The van der Waals surface area contributed by atoms with Crippen molar-refractivity contribution >= 4 is 18.7 Å². The van der Waals surface area contributed by atoms with Crippen molar-refractivity contribution in [3.63, 3.8) is 0 Å². The third-order valence-corrected chi connectivity index (χ3v) is 1.57. The van der Waals surface area contributed by atoms with Crippen molar-refractivity contribution in [1.29, 1.82) is 0 Å². The summed E-state index contributed by atoms with van der Waals surface area (Å²) in [6, 6.07) is 7.63. The van der Waals surface area contributed by atoms with Crippen LogP contribution in [-0.2, 0) is 4.57 Å². The molecule has 1 aromatic heterocycles. The first-order valence-corrected chi connectivity index (χ1v) is 5.48. The second-order valence-electron chi connectivity index (χ2n) is 2.73. The minimum atomic E-state index is -4.64. The van der Waals surface area contributed by atoms with E-state index in [-0.39, 0.29) is 0 Å². The van der Waals surface area contributed by atoms with Crippen LogP contribution >= 0.6 is 7.82 Å². The van der Waals surface area contributed by atoms with Crippen LogP contribution in [0.4, 0.5) is 0 Å². The summed E-state index contributed by atoms with van der Waals surface area (Å²) in [4.78, 5) is 24.5. The van der Waals surface area contributed by atoms with E-state index in [1.165, 1.54) is 0 Å². The number of nitrogens with one attached hydrogen (secondary N) is 1. The molecule has 0 saturated carbocycles. The van der Waals surface area contributed by atoms with Crippen molar-refractivity contribution in [2.75, 3.05) is 0 Å². The van der Waals surface area contributed by atoms with Gasteiger partial charge in [0.2, 0.25) is 0 Å². The third-order valence-electron chi connectivity index (χ3n) is 1.57. The summed E-state index contributed by atoms with van der Waals surface area (Å²) in [5.41, 5.74) is 0.972. The molecule has 0 bridgehead atoms. The molecule has 5 N–H and O–H groups in total. The number of H-pyrrole nitrogens is 1. The summed E-state index contributed by atoms with van der Waals surface area (Å²) >= 11 is 0. The van der Waals surface area contributed by atoms with Gasteiger partial charge in [-0.05, 0) is 12.1 Å². The van der Waals surface area contributed by atoms with Gasteiger partial charge in [-0.2, -0.15) is 0 Å². The number of aromatic hydroxyl groups is 1. The molecule has 0 atom stereocenters. The lowest BCUT2D eigenvalue weighted by Crippen LogP contribution is -1.66. The van der Waals surface area contributed by atoms with E-state index in [0.29, 0.717) is 5.75 Å². The maximum atomic E-state index is 9.18. The highest BCUT2D eigenvalue weighted by atomic mass is 31.2. The van der Waals surface area contributed by atoms with Gasteiger partial charge < -0.3 is 24.8 Å². The highest BCUT2D eigenvalue weighted by Gasteiger charge is 2.00. The molecule has 15 heavy (non-hydrogen) atoms. The van der Waals surface area contributed by atoms with Crippen LogP contribution in [0.1, 0.15) is 0 Å². The van der Waals surface area contributed by atoms with Gasteiger partial charge in [-0.1, -0.05) is 12.1 Å². The van der Waals surface area contributed by atoms with E-state index in [0.717, 1.165) is 10.9 Å². The molecule has 1 heterocycles. The standard InChI is InChI=1S/C8H7NO.H3O4P/c10-8-5-9-7-4-2-1-3-6(7)8;1-5(2,3)4/h1-5,9-10H;(H3,1,2,3,4). The zero-order valence-corrected chi connectivity index (χ0v) is 8.43. The van der Waals surface area contributed by atoms with Crippen LogP contribution in [0.5, 0.6) is 5.75 Å². The second-order valence-corrected chi connectivity index (χ2v) is 3.76. The molecule has 0 aliphatic rings. The molecule has 0 radical (unpaired) electrons. The number of aromatic amines is 1. The van der Waals surface area contributed by atoms with Crippen LogP contribution in [0, 0.1) is 0 Å². The number of hydrogen-bond donors (Lipinski definition) is 5. The zero-order valence-electron chi connectivity index (χ0n) is 7.53. The highest BCUT2D eigenvalue weighted by molar-refractivity contribution is 7.45. The molecule has 6 nitrogen and oxygen atoms in total. The highest BCUT2D eigenvalue weighted by Crippen LogP contribution is 2.25. The fraction of sp³-hybridized carbons (Fsp3) is 0. The Kier molecular flexibility index (Phi) is 3.49. The van der Waals surface area contributed by atoms with E-state index in [1.807, 2.05) is 24.3 Å². The fourth-order valence-corrected chi connectivity index (χ4v) is 1.06. The number of aromatic nitrogens is 1. The Hall–Kier alpha value is -1.33. The molecule has 2 rings (SSSR count). The molecule has 1 aromatic carbocycles. The predicted molar refractivity (Wildman–Crippen MR) is 54.2 cm³/mol. The minimum Gasteiger partial charge on any atom is -0.506 e. The first-order valence-electron chi connectivity index (χ1n) is 3.91. The lowest BCUT2D eigenvalue weighted by Gasteiger charge is -1.86. The summed E-state index contributed by atoms with van der Waals surface area (Å²) < 4.78 is 8.88. The average Bonchev–Trinajstić information content (AvgIpc) is 2.46. The number of benzene rings is 1. The molecule has 0 unspecified atom stereocenters. The summed E-state index contributed by atoms with van der Waals surface area (Å²) in [6.45, 7) is 0. The van der Waals surface area contributed by atoms with Crippen LogP contribution in [-0.4, -0.2) is 24.8 Å². The van der Waals surface area contributed by atoms with Crippen LogP contribution < -0.4 is 0 Å². The van der Waals surface area contributed by atoms with Crippen molar-refractivity contribution in [2.45, 2.75) is 0 Å². The molecule has 0 aliphatic carbocycles. The number of hydrogen-bond acceptors (Lipinski definition) is 2. The van der Waals surface area contributed by atoms with E-state index in [2.05, 4.69) is 4.98 Å². The predicted octanol–water partition coefficient (Wildman–Crippen LogP) is 0.945. The van der Waals surface area contributed by atoms with E-state index in [9.17, 15) is 5.11 Å². The Morgan fingerprint density at radius 1 is 1.13 bits per heavy atom. The Bertz CT molecular complexity index is 480. The SMILES string of the molecule is O=P(O)(O)O.Oc1c[nH]c2ccccc12. The van der Waals surface area contributed by atoms with E-state index < -0.39 is 7.82 Å². The largest absolute Gasteiger partial charge is 0.506 e. The van der Waals surface area contributed by atoms with Gasteiger partial charge in [-0.15, -0.1) is 0 Å². The van der Waals surface area contributed by atoms with Gasteiger partial charge in [0.25, 0.3) is 0 Å². The maximum absolute atomic E-state index is 9.18. The summed E-state index contributed by atoms with van der Waals surface area (Å²) in [5.74, 6) is 0.315. The summed E-state index contributed by atoms with van der Waals surface area (Å²) in [6.07, 6.45) is 1.59. The molecule has 2 aromatic rings. The van der Waals surface area contributed by atoms with Crippen LogP contribution in [0.3, 0.4) is 0 Å². The molecule has 82 valence electrons. The lowest BCUT2D eigenvalue weighted by atomic mass is 10.2. The molecule has 0 saturated heterocycles. The van der Waals surface area contributed by atoms with Crippen molar-refractivity contribution in [2.24, 2.45) is 0 Å². The number of fused-ring (bicyclic) bond motifs is 1. The van der Waals surface area contributed by atoms with Crippen molar-refractivity contribution in [3.05, 3.63) is 30.5 Å². The van der Waals surface area contributed by atoms with Gasteiger partial charge in [0.15, 0.2) is 0 Å². The Morgan fingerprint density at radius 3 is 2.20 bits per heavy atom. The zero-order chi connectivity index (χ0) is 11.5. The van der Waals surface area contributed by atoms with Crippen molar-refractivity contribution in [1.82, 2.24) is 4.98 Å². The molecule has 0 amide bonds. The topological polar surface area (TPSA) is 114 Å². The molecule has 0 spiro atoms. The molecule has 7 heteroatoms. The molecular weight excluding hydrogens is 221 g/mol. The van der Waals surface area contributed by atoms with E-state index in [4.69, 9.17) is 19.2 Å². The van der Waals surface area contributed by atoms with Gasteiger partial charge in [-0.3, -0.25) is 0 Å². The van der Waals surface area contributed by atoms with Gasteiger partial charge in [0.05, 0.1) is 0 Å². The lowest BCUT2D eigenvalue weighted by molar-refractivity contribution is 0.275. The van der Waals surface area contributed by atoms with E-state index in [1.54, 1.807) is 6.20 Å². The quantitative estimate of drug-likeness (QED) is 0.433. The number of rotatable bonds is 0. The Morgan fingerprint density at radius 2 is 1.67 bits per heavy atom. The van der Waals surface area contributed by atoms with Crippen LogP contribution in [0.2, 0.25) is 0 Å². The van der Waals surface area contributed by atoms with Gasteiger partial charge in [0.1, 0.15) is 5.75 Å². The molecule has 0 fully saturated rings. The van der Waals surface area contributed by atoms with Crippen LogP contribution in [0.25, 0.3) is 10.9 Å². The normalized spacial score (nSPS) is 10.9. The Labute approximate surface area is 85.1 Å². The smallest absolute Gasteiger partial charge is 0.466 e. The van der Waals surface area contributed by atoms with E-state index >= 15 is 0 Å². The maximum Gasteiger partial charge on any atom is 0.466 e. The minimum absolute atomic E-state index is 0.315. The average molecular weight is 231 g/mol. The van der Waals surface area contributed by atoms with Crippen molar-refractivity contribution in [3.8, 4) is 5.75 Å². The van der Waals surface area contributed by atoms with Crippen LogP contribution in [0.15, 0.2) is 30.5 Å². The monoisotopic (exact) mass is 231 g/mol. The molecular formula is C8H10NO5P.